The van der Waals surface area contributed by atoms with Crippen LogP contribution in [0.25, 0.3) is 0 Å². The van der Waals surface area contributed by atoms with E-state index in [9.17, 15) is 14.4 Å². The second kappa shape index (κ2) is 9.20. The number of benzene rings is 2. The van der Waals surface area contributed by atoms with E-state index in [4.69, 9.17) is 0 Å². The summed E-state index contributed by atoms with van der Waals surface area (Å²) in [4.78, 5) is 40.7. The minimum atomic E-state index is -0.477. The highest BCUT2D eigenvalue weighted by Gasteiger charge is 2.22. The molecular weight excluding hydrogens is 372 g/mol. The fraction of sp³-hybridized carbons (Fsp3) is 0.286. The third kappa shape index (κ3) is 5.11. The minimum Gasteiger partial charge on any atom is -0.465 e. The maximum Gasteiger partial charge on any atom is 0.337 e. The molecule has 0 radical (unpaired) electrons. The number of para-hydroxylation sites is 1. The van der Waals surface area contributed by atoms with Crippen molar-refractivity contribution in [3.8, 4) is 0 Å². The molecule has 1 fully saturated rings. The number of likely N-dealkylation sites (N-methyl/N-ethyl adjacent to an activating group) is 1. The molecule has 1 aliphatic heterocycles. The van der Waals surface area contributed by atoms with E-state index in [1.165, 1.54) is 7.11 Å². The predicted molar refractivity (Wildman–Crippen MR) is 110 cm³/mol. The van der Waals surface area contributed by atoms with Crippen LogP contribution in [-0.4, -0.2) is 68.0 Å². The number of rotatable bonds is 4. The summed E-state index contributed by atoms with van der Waals surface area (Å²) in [5.74, 6) is -0.547. The third-order valence-electron chi connectivity index (χ3n) is 4.76. The molecule has 0 bridgehead atoms. The van der Waals surface area contributed by atoms with Crippen molar-refractivity contribution in [2.24, 2.45) is 0 Å². The molecule has 0 aromatic heterocycles. The molecule has 29 heavy (non-hydrogen) atoms. The highest BCUT2D eigenvalue weighted by atomic mass is 16.5. The first kappa shape index (κ1) is 20.3. The average molecular weight is 396 g/mol. The molecule has 0 atom stereocenters. The van der Waals surface area contributed by atoms with Gasteiger partial charge in [0.15, 0.2) is 0 Å². The van der Waals surface area contributed by atoms with Gasteiger partial charge in [-0.3, -0.25) is 4.79 Å². The summed E-state index contributed by atoms with van der Waals surface area (Å²) in [5, 5.41) is 5.43. The number of ether oxygens (including phenoxy) is 1. The van der Waals surface area contributed by atoms with Gasteiger partial charge in [0.05, 0.1) is 23.9 Å². The summed E-state index contributed by atoms with van der Waals surface area (Å²) in [6.45, 7) is 2.96. The lowest BCUT2D eigenvalue weighted by Gasteiger charge is -2.32. The number of urea groups is 1. The summed E-state index contributed by atoms with van der Waals surface area (Å²) in [6.07, 6.45) is 0. The van der Waals surface area contributed by atoms with E-state index in [-0.39, 0.29) is 5.91 Å². The Morgan fingerprint density at radius 3 is 2.21 bits per heavy atom. The van der Waals surface area contributed by atoms with Gasteiger partial charge in [-0.05, 0) is 43.4 Å². The van der Waals surface area contributed by atoms with Gasteiger partial charge < -0.3 is 25.2 Å². The van der Waals surface area contributed by atoms with Gasteiger partial charge in [0.25, 0.3) is 5.91 Å². The first-order valence-electron chi connectivity index (χ1n) is 9.31. The van der Waals surface area contributed by atoms with Gasteiger partial charge in [-0.2, -0.15) is 0 Å². The average Bonchev–Trinajstić information content (AvgIpc) is 2.74. The van der Waals surface area contributed by atoms with E-state index in [0.717, 1.165) is 13.1 Å². The molecule has 3 amide bonds. The molecule has 2 aromatic carbocycles. The number of carbonyl (C=O) groups excluding carboxylic acids is 3. The molecule has 1 saturated heterocycles. The fourth-order valence-electron chi connectivity index (χ4n) is 3.05. The van der Waals surface area contributed by atoms with Crippen LogP contribution in [0.3, 0.4) is 0 Å². The molecule has 152 valence electrons. The van der Waals surface area contributed by atoms with Crippen LogP contribution in [0.15, 0.2) is 48.5 Å². The summed E-state index contributed by atoms with van der Waals surface area (Å²) in [5.41, 5.74) is 1.80. The van der Waals surface area contributed by atoms with E-state index in [2.05, 4.69) is 20.3 Å². The van der Waals surface area contributed by atoms with Crippen molar-refractivity contribution < 1.29 is 19.1 Å². The first-order chi connectivity index (χ1) is 14.0. The molecule has 1 aliphatic rings. The molecule has 3 rings (SSSR count). The first-order valence-corrected chi connectivity index (χ1v) is 9.31. The molecular formula is C21H24N4O4. The lowest BCUT2D eigenvalue weighted by Crippen LogP contribution is -2.47. The van der Waals surface area contributed by atoms with Gasteiger partial charge in [0.2, 0.25) is 0 Å². The summed E-state index contributed by atoms with van der Waals surface area (Å²) < 4.78 is 4.65. The summed E-state index contributed by atoms with van der Waals surface area (Å²) in [6, 6.07) is 12.8. The van der Waals surface area contributed by atoms with Crippen molar-refractivity contribution in [3.05, 3.63) is 59.7 Å². The Morgan fingerprint density at radius 2 is 1.55 bits per heavy atom. The highest BCUT2D eigenvalue weighted by molar-refractivity contribution is 6.06. The molecule has 2 aromatic rings. The monoisotopic (exact) mass is 396 g/mol. The standard InChI is InChI=1S/C21H24N4O4/c1-24-11-13-25(14-12-24)19(26)17-5-3-4-6-18(17)23-21(28)22-16-9-7-15(8-10-16)20(27)29-2/h3-10H,11-14H2,1-2H3,(H2,22,23,28). The van der Waals surface area contributed by atoms with E-state index >= 15 is 0 Å². The number of nitrogens with one attached hydrogen (secondary N) is 2. The van der Waals surface area contributed by atoms with Gasteiger partial charge in [0.1, 0.15) is 0 Å². The van der Waals surface area contributed by atoms with Crippen molar-refractivity contribution >= 4 is 29.3 Å². The number of anilines is 2. The fourth-order valence-corrected chi connectivity index (χ4v) is 3.05. The van der Waals surface area contributed by atoms with E-state index < -0.39 is 12.0 Å². The van der Waals surface area contributed by atoms with Crippen LogP contribution < -0.4 is 10.6 Å². The second-order valence-corrected chi connectivity index (χ2v) is 6.79. The minimum absolute atomic E-state index is 0.101. The largest absolute Gasteiger partial charge is 0.465 e. The zero-order chi connectivity index (χ0) is 20.8. The predicted octanol–water partition coefficient (Wildman–Crippen LogP) is 2.50. The van der Waals surface area contributed by atoms with Gasteiger partial charge >= 0.3 is 12.0 Å². The number of methoxy groups -OCH3 is 1. The number of amides is 3. The van der Waals surface area contributed by atoms with Crippen LogP contribution in [0.2, 0.25) is 0 Å². The summed E-state index contributed by atoms with van der Waals surface area (Å²) >= 11 is 0. The van der Waals surface area contributed by atoms with Crippen LogP contribution in [-0.2, 0) is 4.74 Å². The lowest BCUT2D eigenvalue weighted by atomic mass is 10.1. The van der Waals surface area contributed by atoms with E-state index in [1.54, 1.807) is 53.4 Å². The normalized spacial score (nSPS) is 14.2. The molecule has 0 spiro atoms. The topological polar surface area (TPSA) is 91.0 Å². The lowest BCUT2D eigenvalue weighted by molar-refractivity contribution is 0.0600. The van der Waals surface area contributed by atoms with Crippen molar-refractivity contribution in [1.82, 2.24) is 9.80 Å². The van der Waals surface area contributed by atoms with Crippen LogP contribution in [0.1, 0.15) is 20.7 Å². The van der Waals surface area contributed by atoms with Crippen molar-refractivity contribution in [3.63, 3.8) is 0 Å². The molecule has 2 N–H and O–H groups in total. The smallest absolute Gasteiger partial charge is 0.337 e. The highest BCUT2D eigenvalue weighted by Crippen LogP contribution is 2.19. The van der Waals surface area contributed by atoms with Gasteiger partial charge in [-0.1, -0.05) is 12.1 Å². The maximum absolute atomic E-state index is 12.9. The van der Waals surface area contributed by atoms with Crippen LogP contribution >= 0.6 is 0 Å². The SMILES string of the molecule is COC(=O)c1ccc(NC(=O)Nc2ccccc2C(=O)N2CCN(C)CC2)cc1. The number of esters is 1. The van der Waals surface area contributed by atoms with Crippen LogP contribution in [0.5, 0.6) is 0 Å². The molecule has 0 aliphatic carbocycles. The number of nitrogens with zero attached hydrogens (tertiary/aromatic N) is 2. The Labute approximate surface area is 169 Å². The van der Waals surface area contributed by atoms with Crippen molar-refractivity contribution in [2.45, 2.75) is 0 Å². The Morgan fingerprint density at radius 1 is 0.897 bits per heavy atom. The van der Waals surface area contributed by atoms with E-state index in [1.807, 2.05) is 7.05 Å². The Hall–Kier alpha value is -3.39. The third-order valence-corrected chi connectivity index (χ3v) is 4.76. The van der Waals surface area contributed by atoms with Gasteiger partial charge in [-0.15, -0.1) is 0 Å². The van der Waals surface area contributed by atoms with Gasteiger partial charge in [0, 0.05) is 31.9 Å². The zero-order valence-corrected chi connectivity index (χ0v) is 16.5. The molecule has 8 heteroatoms. The quantitative estimate of drug-likeness (QED) is 0.775. The number of carbonyl (C=O) groups is 3. The molecule has 0 saturated carbocycles. The van der Waals surface area contributed by atoms with Crippen LogP contribution in [0, 0.1) is 0 Å². The molecule has 0 unspecified atom stereocenters. The molecule has 8 nitrogen and oxygen atoms in total. The van der Waals surface area contributed by atoms with E-state index in [0.29, 0.717) is 35.6 Å². The number of hydrogen-bond acceptors (Lipinski definition) is 5. The van der Waals surface area contributed by atoms with Crippen LogP contribution in [0.4, 0.5) is 16.2 Å². The van der Waals surface area contributed by atoms with Gasteiger partial charge in [-0.25, -0.2) is 9.59 Å². The summed E-state index contributed by atoms with van der Waals surface area (Å²) in [7, 11) is 3.34. The van der Waals surface area contributed by atoms with Crippen molar-refractivity contribution in [1.29, 1.82) is 0 Å². The maximum atomic E-state index is 12.9. The number of hydrogen-bond donors (Lipinski definition) is 2. The molecule has 1 heterocycles. The number of piperazine rings is 1. The Kier molecular flexibility index (Phi) is 6.46. The van der Waals surface area contributed by atoms with Crippen molar-refractivity contribution in [2.75, 3.05) is 51.0 Å². The second-order valence-electron chi connectivity index (χ2n) is 6.79. The Bertz CT molecular complexity index is 890. The Balaban J connectivity index is 1.66. The zero-order valence-electron chi connectivity index (χ0n) is 16.5.